The Kier molecular flexibility index (Phi) is 7.67. The molecule has 1 amide bonds. The van der Waals surface area contributed by atoms with Crippen LogP contribution in [0, 0.1) is 6.92 Å². The molecule has 0 heterocycles. The maximum atomic E-state index is 12.0. The lowest BCUT2D eigenvalue weighted by Crippen LogP contribution is -2.41. The van der Waals surface area contributed by atoms with Gasteiger partial charge in [-0.3, -0.25) is 4.79 Å². The number of aryl methyl sites for hydroxylation is 1. The predicted molar refractivity (Wildman–Crippen MR) is 92.6 cm³/mol. The fourth-order valence-electron chi connectivity index (χ4n) is 2.05. The number of amides is 1. The minimum atomic E-state index is -3.39. The van der Waals surface area contributed by atoms with Crippen LogP contribution in [-0.2, 0) is 21.4 Å². The smallest absolute Gasteiger partial charge is 0.235 e. The van der Waals surface area contributed by atoms with Crippen LogP contribution < -0.4 is 5.32 Å². The Bertz CT molecular complexity index is 598. The second-order valence-corrected chi connectivity index (χ2v) is 8.00. The zero-order valence-corrected chi connectivity index (χ0v) is 15.2. The summed E-state index contributed by atoms with van der Waals surface area (Å²) < 4.78 is 24.8. The molecule has 6 nitrogen and oxygen atoms in total. The Morgan fingerprint density at radius 3 is 2.26 bits per heavy atom. The lowest BCUT2D eigenvalue weighted by atomic mass is 10.1. The van der Waals surface area contributed by atoms with E-state index in [1.807, 2.05) is 50.2 Å². The van der Waals surface area contributed by atoms with Gasteiger partial charge in [0.2, 0.25) is 15.9 Å². The molecule has 23 heavy (non-hydrogen) atoms. The van der Waals surface area contributed by atoms with Crippen LogP contribution in [0.25, 0.3) is 0 Å². The van der Waals surface area contributed by atoms with E-state index in [1.165, 1.54) is 4.31 Å². The van der Waals surface area contributed by atoms with Crippen molar-refractivity contribution in [2.24, 2.45) is 0 Å². The van der Waals surface area contributed by atoms with E-state index in [4.69, 9.17) is 0 Å². The lowest BCUT2D eigenvalue weighted by molar-refractivity contribution is -0.121. The van der Waals surface area contributed by atoms with Crippen LogP contribution in [0.1, 0.15) is 17.5 Å². The van der Waals surface area contributed by atoms with Crippen LogP contribution in [0.2, 0.25) is 0 Å². The second-order valence-electron chi connectivity index (χ2n) is 6.02. The minimum absolute atomic E-state index is 0.141. The molecule has 1 aromatic carbocycles. The summed E-state index contributed by atoms with van der Waals surface area (Å²) in [6, 6.07) is 7.85. The molecule has 130 valence electrons. The van der Waals surface area contributed by atoms with Crippen LogP contribution in [0.3, 0.4) is 0 Å². The van der Waals surface area contributed by atoms with Gasteiger partial charge in [-0.25, -0.2) is 8.42 Å². The highest BCUT2D eigenvalue weighted by Crippen LogP contribution is 2.03. The molecule has 0 radical (unpaired) electrons. The molecule has 0 aliphatic rings. The number of rotatable bonds is 9. The zero-order valence-electron chi connectivity index (χ0n) is 14.4. The standard InChI is InChI=1S/C16H27N3O3S/c1-14-6-8-15(9-7-14)12-17-16(20)13-19(23(4,21)22)11-5-10-18(2)3/h6-9H,5,10-13H2,1-4H3,(H,17,20). The highest BCUT2D eigenvalue weighted by Gasteiger charge is 2.19. The van der Waals surface area contributed by atoms with E-state index in [2.05, 4.69) is 5.32 Å². The second kappa shape index (κ2) is 9.00. The molecule has 0 saturated carbocycles. The third-order valence-electron chi connectivity index (χ3n) is 3.41. The van der Waals surface area contributed by atoms with Crippen molar-refractivity contribution >= 4 is 15.9 Å². The molecule has 0 aromatic heterocycles. The molecule has 0 aliphatic carbocycles. The van der Waals surface area contributed by atoms with E-state index >= 15 is 0 Å². The SMILES string of the molecule is Cc1ccc(CNC(=O)CN(CCCN(C)C)S(C)(=O)=O)cc1. The molecule has 1 aromatic rings. The van der Waals surface area contributed by atoms with Gasteiger partial charge in [-0.05, 0) is 39.5 Å². The van der Waals surface area contributed by atoms with Gasteiger partial charge in [-0.1, -0.05) is 29.8 Å². The lowest BCUT2D eigenvalue weighted by Gasteiger charge is -2.20. The summed E-state index contributed by atoms with van der Waals surface area (Å²) >= 11 is 0. The third-order valence-corrected chi connectivity index (χ3v) is 4.66. The Hall–Kier alpha value is -1.44. The summed E-state index contributed by atoms with van der Waals surface area (Å²) in [4.78, 5) is 14.0. The van der Waals surface area contributed by atoms with Crippen molar-refractivity contribution in [2.75, 3.05) is 40.0 Å². The van der Waals surface area contributed by atoms with Gasteiger partial charge in [0.1, 0.15) is 0 Å². The summed E-state index contributed by atoms with van der Waals surface area (Å²) in [5.74, 6) is -0.291. The number of carbonyl (C=O) groups excluding carboxylic acids is 1. The number of carbonyl (C=O) groups is 1. The van der Waals surface area contributed by atoms with Gasteiger partial charge in [0.15, 0.2) is 0 Å². The van der Waals surface area contributed by atoms with Crippen molar-refractivity contribution in [2.45, 2.75) is 19.9 Å². The van der Waals surface area contributed by atoms with Gasteiger partial charge >= 0.3 is 0 Å². The first-order valence-corrected chi connectivity index (χ1v) is 9.45. The Balaban J connectivity index is 2.51. The fourth-order valence-corrected chi connectivity index (χ4v) is 2.86. The summed E-state index contributed by atoms with van der Waals surface area (Å²) in [7, 11) is 0.467. The van der Waals surface area contributed by atoms with Crippen LogP contribution in [-0.4, -0.2) is 63.5 Å². The molecule has 7 heteroatoms. The van der Waals surface area contributed by atoms with E-state index < -0.39 is 10.0 Å². The van der Waals surface area contributed by atoms with Crippen LogP contribution in [0.5, 0.6) is 0 Å². The van der Waals surface area contributed by atoms with Gasteiger partial charge in [0.05, 0.1) is 12.8 Å². The summed E-state index contributed by atoms with van der Waals surface area (Å²) in [5, 5.41) is 2.76. The number of nitrogens with one attached hydrogen (secondary N) is 1. The molecule has 1 rings (SSSR count). The topological polar surface area (TPSA) is 69.7 Å². The maximum absolute atomic E-state index is 12.0. The van der Waals surface area contributed by atoms with Gasteiger partial charge < -0.3 is 10.2 Å². The first kappa shape index (κ1) is 19.6. The van der Waals surface area contributed by atoms with Crippen LogP contribution in [0.15, 0.2) is 24.3 Å². The largest absolute Gasteiger partial charge is 0.351 e. The zero-order chi connectivity index (χ0) is 17.5. The Morgan fingerprint density at radius 2 is 1.74 bits per heavy atom. The van der Waals surface area contributed by atoms with Crippen molar-refractivity contribution < 1.29 is 13.2 Å². The molecule has 0 unspecified atom stereocenters. The summed E-state index contributed by atoms with van der Waals surface area (Å²) in [5.41, 5.74) is 2.15. The fraction of sp³-hybridized carbons (Fsp3) is 0.562. The average Bonchev–Trinajstić information content (AvgIpc) is 2.44. The quantitative estimate of drug-likeness (QED) is 0.722. The Labute approximate surface area is 139 Å². The van der Waals surface area contributed by atoms with Crippen LogP contribution >= 0.6 is 0 Å². The Morgan fingerprint density at radius 1 is 1.13 bits per heavy atom. The van der Waals surface area contributed by atoms with Gasteiger partial charge in [-0.2, -0.15) is 4.31 Å². The number of nitrogens with zero attached hydrogens (tertiary/aromatic N) is 2. The first-order valence-electron chi connectivity index (χ1n) is 7.60. The molecular weight excluding hydrogens is 314 g/mol. The van der Waals surface area contributed by atoms with Gasteiger partial charge in [0.25, 0.3) is 0 Å². The van der Waals surface area contributed by atoms with Crippen molar-refractivity contribution in [3.63, 3.8) is 0 Å². The minimum Gasteiger partial charge on any atom is -0.351 e. The van der Waals surface area contributed by atoms with Gasteiger partial charge in [0, 0.05) is 13.1 Å². The molecule has 0 atom stereocenters. The molecule has 0 spiro atoms. The third kappa shape index (κ3) is 8.11. The average molecular weight is 341 g/mol. The monoisotopic (exact) mass is 341 g/mol. The molecule has 0 bridgehead atoms. The van der Waals surface area contributed by atoms with Crippen molar-refractivity contribution in [3.05, 3.63) is 35.4 Å². The first-order chi connectivity index (χ1) is 10.7. The van der Waals surface area contributed by atoms with E-state index in [1.54, 1.807) is 0 Å². The van der Waals surface area contributed by atoms with Crippen molar-refractivity contribution in [3.8, 4) is 0 Å². The normalized spacial score (nSPS) is 11.9. The highest BCUT2D eigenvalue weighted by molar-refractivity contribution is 7.88. The highest BCUT2D eigenvalue weighted by atomic mass is 32.2. The molecule has 0 aliphatic heterocycles. The van der Waals surface area contributed by atoms with Crippen molar-refractivity contribution in [1.29, 1.82) is 0 Å². The maximum Gasteiger partial charge on any atom is 0.235 e. The molecule has 0 fully saturated rings. The number of sulfonamides is 1. The van der Waals surface area contributed by atoms with E-state index in [-0.39, 0.29) is 12.5 Å². The van der Waals surface area contributed by atoms with Crippen molar-refractivity contribution in [1.82, 2.24) is 14.5 Å². The number of hydrogen-bond acceptors (Lipinski definition) is 4. The number of hydrogen-bond donors (Lipinski definition) is 1. The van der Waals surface area contributed by atoms with E-state index in [9.17, 15) is 13.2 Å². The molecule has 1 N–H and O–H groups in total. The molecular formula is C16H27N3O3S. The van der Waals surface area contributed by atoms with Gasteiger partial charge in [-0.15, -0.1) is 0 Å². The van der Waals surface area contributed by atoms with Crippen LogP contribution in [0.4, 0.5) is 0 Å². The summed E-state index contributed by atoms with van der Waals surface area (Å²) in [6.07, 6.45) is 1.82. The number of benzene rings is 1. The van der Waals surface area contributed by atoms with E-state index in [0.29, 0.717) is 19.5 Å². The molecule has 0 saturated heterocycles. The van der Waals surface area contributed by atoms with E-state index in [0.717, 1.165) is 23.9 Å². The predicted octanol–water partition coefficient (Wildman–Crippen LogP) is 0.825. The summed E-state index contributed by atoms with van der Waals surface area (Å²) in [6.45, 7) is 3.37.